The van der Waals surface area contributed by atoms with Gasteiger partial charge in [0.05, 0.1) is 12.7 Å². The zero-order chi connectivity index (χ0) is 26.7. The zero-order valence-electron chi connectivity index (χ0n) is 20.2. The summed E-state index contributed by atoms with van der Waals surface area (Å²) >= 11 is 5.14. The van der Waals surface area contributed by atoms with E-state index in [1.807, 2.05) is 0 Å². The van der Waals surface area contributed by atoms with Crippen LogP contribution in [-0.2, 0) is 23.4 Å². The summed E-state index contributed by atoms with van der Waals surface area (Å²) in [5.41, 5.74) is -2.29. The van der Waals surface area contributed by atoms with E-state index in [0.29, 0.717) is 0 Å². The number of benzene rings is 1. The van der Waals surface area contributed by atoms with Crippen LogP contribution in [0, 0.1) is 4.77 Å². The summed E-state index contributed by atoms with van der Waals surface area (Å²) in [6.07, 6.45) is -2.93. The third kappa shape index (κ3) is 6.68. The molecule has 2 heterocycles. The van der Waals surface area contributed by atoms with Crippen molar-refractivity contribution in [2.24, 2.45) is 0 Å². The number of carbonyl (C=O) groups excluding carboxylic acids is 1. The first kappa shape index (κ1) is 28.2. The van der Waals surface area contributed by atoms with Gasteiger partial charge in [0.15, 0.2) is 11.0 Å². The van der Waals surface area contributed by atoms with Crippen molar-refractivity contribution < 1.29 is 38.1 Å². The van der Waals surface area contributed by atoms with Crippen LogP contribution in [0.3, 0.4) is 0 Å². The van der Waals surface area contributed by atoms with Crippen molar-refractivity contribution in [1.82, 2.24) is 14.6 Å². The maximum Gasteiger partial charge on any atom is 0.459 e. The molecule has 0 amide bonds. The molecular formula is C22H30N3O9PS. The van der Waals surface area contributed by atoms with Crippen LogP contribution >= 0.6 is 20.0 Å². The molecule has 2 aromatic rings. The Hall–Kier alpha value is -2.38. The van der Waals surface area contributed by atoms with Crippen LogP contribution < -0.4 is 15.2 Å². The Morgan fingerprint density at radius 1 is 1.31 bits per heavy atom. The second kappa shape index (κ2) is 11.3. The Morgan fingerprint density at radius 3 is 2.58 bits per heavy atom. The van der Waals surface area contributed by atoms with Gasteiger partial charge in [0.25, 0.3) is 5.56 Å². The molecule has 0 aliphatic carbocycles. The number of esters is 1. The predicted octanol–water partition coefficient (Wildman–Crippen LogP) is 2.05. The number of H-pyrrole nitrogens is 1. The molecule has 14 heteroatoms. The van der Waals surface area contributed by atoms with E-state index in [9.17, 15) is 24.4 Å². The Bertz CT molecular complexity index is 1220. The molecule has 36 heavy (non-hydrogen) atoms. The molecular weight excluding hydrogens is 513 g/mol. The lowest BCUT2D eigenvalue weighted by molar-refractivity contribution is -0.149. The summed E-state index contributed by atoms with van der Waals surface area (Å²) in [6.45, 7) is 5.63. The third-order valence-corrected chi connectivity index (χ3v) is 7.25. The molecule has 6 atom stereocenters. The number of aliphatic hydroxyl groups is 2. The van der Waals surface area contributed by atoms with Gasteiger partial charge in [-0.3, -0.25) is 23.7 Å². The molecule has 198 valence electrons. The molecule has 1 aromatic carbocycles. The number of rotatable bonds is 10. The smallest absolute Gasteiger partial charge is 0.459 e. The minimum atomic E-state index is -4.22. The molecule has 3 rings (SSSR count). The molecule has 0 saturated carbocycles. The fraction of sp³-hybridized carbons (Fsp3) is 0.500. The quantitative estimate of drug-likeness (QED) is 0.197. The fourth-order valence-electron chi connectivity index (χ4n) is 3.50. The highest BCUT2D eigenvalue weighted by molar-refractivity contribution is 7.71. The molecule has 12 nitrogen and oxygen atoms in total. The average Bonchev–Trinajstić information content (AvgIpc) is 3.01. The minimum absolute atomic E-state index is 0.0289. The Kier molecular flexibility index (Phi) is 8.88. The SMILES string of the molecule is CC(C)OC(=O)[C@H](C)N[P@](=O)(OC[C@H]1O[C@@H](n2ccc(=O)[nH]c2=S)[C@](C)(O)[C@@H]1O)Oc1ccccc1. The van der Waals surface area contributed by atoms with Crippen molar-refractivity contribution in [3.63, 3.8) is 0 Å². The van der Waals surface area contributed by atoms with Crippen LogP contribution in [0.15, 0.2) is 47.4 Å². The standard InChI is InChI=1S/C22H30N3O9PS/c1-13(2)32-19(28)14(3)24-35(30,34-15-8-6-5-7-9-15)31-12-16-18(27)22(4,29)20(33-16)25-11-10-17(26)23-21(25)36/h5-11,13-14,16,18,20,27,29H,12H2,1-4H3,(H,24,30)(H,23,26,36)/t14-,16+,18+,20+,22+,35-/m0/s1. The van der Waals surface area contributed by atoms with Crippen LogP contribution in [0.4, 0.5) is 0 Å². The normalized spacial score (nSPS) is 26.4. The van der Waals surface area contributed by atoms with Gasteiger partial charge < -0.3 is 24.2 Å². The number of carbonyl (C=O) groups is 1. The first-order chi connectivity index (χ1) is 16.8. The summed E-state index contributed by atoms with van der Waals surface area (Å²) in [7, 11) is -4.22. The Balaban J connectivity index is 1.80. The van der Waals surface area contributed by atoms with E-state index in [2.05, 4.69) is 10.1 Å². The van der Waals surface area contributed by atoms with Crippen molar-refractivity contribution >= 4 is 25.9 Å². The highest BCUT2D eigenvalue weighted by Gasteiger charge is 2.53. The van der Waals surface area contributed by atoms with Crippen molar-refractivity contribution in [2.45, 2.75) is 63.9 Å². The van der Waals surface area contributed by atoms with Gasteiger partial charge in [-0.2, -0.15) is 5.09 Å². The van der Waals surface area contributed by atoms with E-state index in [1.165, 1.54) is 30.7 Å². The van der Waals surface area contributed by atoms with Gasteiger partial charge >= 0.3 is 13.7 Å². The van der Waals surface area contributed by atoms with Crippen molar-refractivity contribution in [2.75, 3.05) is 6.61 Å². The number of aromatic nitrogens is 2. The number of hydrogen-bond acceptors (Lipinski definition) is 10. The van der Waals surface area contributed by atoms with Crippen molar-refractivity contribution in [3.05, 3.63) is 57.7 Å². The van der Waals surface area contributed by atoms with Gasteiger partial charge in [0.1, 0.15) is 29.6 Å². The molecule has 4 N–H and O–H groups in total. The third-order valence-electron chi connectivity index (χ3n) is 5.29. The molecule has 1 saturated heterocycles. The average molecular weight is 544 g/mol. The van der Waals surface area contributed by atoms with Gasteiger partial charge in [-0.15, -0.1) is 0 Å². The molecule has 1 fully saturated rings. The van der Waals surface area contributed by atoms with E-state index >= 15 is 0 Å². The second-order valence-corrected chi connectivity index (χ2v) is 10.8. The topological polar surface area (TPSA) is 161 Å². The number of aliphatic hydroxyl groups excluding tert-OH is 1. The van der Waals surface area contributed by atoms with Crippen LogP contribution in [-0.4, -0.2) is 62.3 Å². The monoisotopic (exact) mass is 543 g/mol. The Morgan fingerprint density at radius 2 is 1.97 bits per heavy atom. The largest absolute Gasteiger partial charge is 0.462 e. The summed E-state index contributed by atoms with van der Waals surface area (Å²) in [4.78, 5) is 26.2. The van der Waals surface area contributed by atoms with Gasteiger partial charge in [-0.1, -0.05) is 18.2 Å². The highest BCUT2D eigenvalue weighted by atomic mass is 32.1. The predicted molar refractivity (Wildman–Crippen MR) is 131 cm³/mol. The lowest BCUT2D eigenvalue weighted by Gasteiger charge is -2.28. The first-order valence-corrected chi connectivity index (χ1v) is 13.1. The number of nitrogens with zero attached hydrogens (tertiary/aromatic N) is 1. The molecule has 1 aromatic heterocycles. The van der Waals surface area contributed by atoms with Gasteiger partial charge in [-0.25, -0.2) is 4.57 Å². The number of aromatic amines is 1. The van der Waals surface area contributed by atoms with Gasteiger partial charge in [0, 0.05) is 12.3 Å². The van der Waals surface area contributed by atoms with Crippen LogP contribution in [0.2, 0.25) is 0 Å². The number of nitrogens with one attached hydrogen (secondary N) is 2. The van der Waals surface area contributed by atoms with Crippen molar-refractivity contribution in [1.29, 1.82) is 0 Å². The van der Waals surface area contributed by atoms with E-state index in [4.69, 9.17) is 30.7 Å². The van der Waals surface area contributed by atoms with Crippen molar-refractivity contribution in [3.8, 4) is 5.75 Å². The molecule has 1 aliphatic heterocycles. The summed E-state index contributed by atoms with van der Waals surface area (Å²) in [6, 6.07) is 8.29. The van der Waals surface area contributed by atoms with Crippen LogP contribution in [0.5, 0.6) is 5.75 Å². The maximum absolute atomic E-state index is 13.6. The molecule has 0 radical (unpaired) electrons. The second-order valence-electron chi connectivity index (χ2n) is 8.75. The number of hydrogen-bond donors (Lipinski definition) is 4. The minimum Gasteiger partial charge on any atom is -0.462 e. The summed E-state index contributed by atoms with van der Waals surface area (Å²) in [5, 5.41) is 24.2. The van der Waals surface area contributed by atoms with Gasteiger partial charge in [0.2, 0.25) is 0 Å². The van der Waals surface area contributed by atoms with Gasteiger partial charge in [-0.05, 0) is 52.0 Å². The fourth-order valence-corrected chi connectivity index (χ4v) is 5.25. The van der Waals surface area contributed by atoms with Crippen LogP contribution in [0.25, 0.3) is 0 Å². The summed E-state index contributed by atoms with van der Waals surface area (Å²) < 4.78 is 37.0. The zero-order valence-corrected chi connectivity index (χ0v) is 21.9. The first-order valence-electron chi connectivity index (χ1n) is 11.2. The van der Waals surface area contributed by atoms with E-state index in [1.54, 1.807) is 44.2 Å². The maximum atomic E-state index is 13.6. The van der Waals surface area contributed by atoms with E-state index < -0.39 is 62.1 Å². The molecule has 0 spiro atoms. The lowest BCUT2D eigenvalue weighted by Crippen LogP contribution is -2.45. The Labute approximate surface area is 212 Å². The van der Waals surface area contributed by atoms with E-state index in [0.717, 1.165) is 0 Å². The summed E-state index contributed by atoms with van der Waals surface area (Å²) in [5.74, 6) is -0.465. The highest BCUT2D eigenvalue weighted by Crippen LogP contribution is 2.47. The molecule has 0 unspecified atom stereocenters. The molecule has 1 aliphatic rings. The molecule has 0 bridgehead atoms. The number of ether oxygens (including phenoxy) is 2. The van der Waals surface area contributed by atoms with E-state index in [-0.39, 0.29) is 10.5 Å². The lowest BCUT2D eigenvalue weighted by atomic mass is 9.96. The number of para-hydroxylation sites is 1. The van der Waals surface area contributed by atoms with Crippen LogP contribution in [0.1, 0.15) is 33.9 Å².